The summed E-state index contributed by atoms with van der Waals surface area (Å²) < 4.78 is 29.4. The summed E-state index contributed by atoms with van der Waals surface area (Å²) in [6.07, 6.45) is -1.23. The van der Waals surface area contributed by atoms with Crippen LogP contribution in [0.5, 0.6) is 0 Å². The Balaban J connectivity index is 1.87. The summed E-state index contributed by atoms with van der Waals surface area (Å²) in [5, 5.41) is 0. The van der Waals surface area contributed by atoms with Crippen molar-refractivity contribution in [2.45, 2.75) is 18.8 Å². The zero-order valence-electron chi connectivity index (χ0n) is 7.33. The van der Waals surface area contributed by atoms with Crippen LogP contribution in [0, 0.1) is 5.92 Å². The first-order valence-electron chi connectivity index (χ1n) is 4.35. The number of cyclic esters (lactones) is 1. The van der Waals surface area contributed by atoms with Crippen LogP contribution < -0.4 is 0 Å². The Morgan fingerprint density at radius 1 is 1.64 bits per heavy atom. The number of alkyl halides is 2. The van der Waals surface area contributed by atoms with Crippen LogP contribution >= 0.6 is 0 Å². The molecule has 14 heavy (non-hydrogen) atoms. The molecule has 0 spiro atoms. The molecule has 0 bridgehead atoms. The van der Waals surface area contributed by atoms with E-state index in [1.165, 1.54) is 0 Å². The molecule has 0 N–H and O–H groups in total. The lowest BCUT2D eigenvalue weighted by atomic mass is 10.2. The second-order valence-electron chi connectivity index (χ2n) is 3.53. The van der Waals surface area contributed by atoms with Gasteiger partial charge >= 0.3 is 6.09 Å². The van der Waals surface area contributed by atoms with E-state index in [-0.39, 0.29) is 26.0 Å². The van der Waals surface area contributed by atoms with E-state index in [4.69, 9.17) is 0 Å². The molecule has 1 saturated carbocycles. The standard InChI is InChI=1S/C8H9F2NO3/c9-8(10)4-5(8)3-6(12)11-1-2-14-7(11)13/h5H,1-4H2. The van der Waals surface area contributed by atoms with Gasteiger partial charge in [-0.05, 0) is 0 Å². The number of nitrogens with zero attached hydrogens (tertiary/aromatic N) is 1. The minimum absolute atomic E-state index is 0.158. The fourth-order valence-corrected chi connectivity index (χ4v) is 1.43. The number of rotatable bonds is 2. The molecule has 1 unspecified atom stereocenters. The largest absolute Gasteiger partial charge is 0.447 e. The second kappa shape index (κ2) is 2.90. The molecule has 0 aromatic carbocycles. The zero-order chi connectivity index (χ0) is 10.3. The predicted molar refractivity (Wildman–Crippen MR) is 40.7 cm³/mol. The molecule has 0 radical (unpaired) electrons. The summed E-state index contributed by atoms with van der Waals surface area (Å²) in [5.41, 5.74) is 0. The lowest BCUT2D eigenvalue weighted by Gasteiger charge is -2.09. The molecule has 0 aromatic heterocycles. The van der Waals surface area contributed by atoms with Crippen molar-refractivity contribution in [2.24, 2.45) is 5.92 Å². The van der Waals surface area contributed by atoms with E-state index in [0.717, 1.165) is 4.90 Å². The van der Waals surface area contributed by atoms with E-state index in [1.54, 1.807) is 0 Å². The molecule has 1 heterocycles. The van der Waals surface area contributed by atoms with Gasteiger partial charge in [0.25, 0.3) is 5.92 Å². The second-order valence-corrected chi connectivity index (χ2v) is 3.53. The van der Waals surface area contributed by atoms with Crippen molar-refractivity contribution in [1.29, 1.82) is 0 Å². The van der Waals surface area contributed by atoms with Crippen LogP contribution in [0.3, 0.4) is 0 Å². The van der Waals surface area contributed by atoms with Crippen molar-refractivity contribution in [3.8, 4) is 0 Å². The first-order valence-corrected chi connectivity index (χ1v) is 4.35. The Kier molecular flexibility index (Phi) is 1.94. The maximum absolute atomic E-state index is 12.5. The SMILES string of the molecule is O=C(CC1CC1(F)F)N1CCOC1=O. The van der Waals surface area contributed by atoms with Crippen molar-refractivity contribution in [3.05, 3.63) is 0 Å². The van der Waals surface area contributed by atoms with Gasteiger partial charge in [-0.2, -0.15) is 0 Å². The van der Waals surface area contributed by atoms with Gasteiger partial charge in [0.05, 0.1) is 6.54 Å². The van der Waals surface area contributed by atoms with Gasteiger partial charge in [-0.1, -0.05) is 0 Å². The number of carbonyl (C=O) groups excluding carboxylic acids is 2. The third-order valence-corrected chi connectivity index (χ3v) is 2.44. The summed E-state index contributed by atoms with van der Waals surface area (Å²) in [4.78, 5) is 23.0. The number of hydrogen-bond acceptors (Lipinski definition) is 3. The fourth-order valence-electron chi connectivity index (χ4n) is 1.43. The first-order chi connectivity index (χ1) is 6.50. The topological polar surface area (TPSA) is 46.6 Å². The van der Waals surface area contributed by atoms with E-state index in [9.17, 15) is 18.4 Å². The van der Waals surface area contributed by atoms with Crippen molar-refractivity contribution in [2.75, 3.05) is 13.2 Å². The summed E-state index contributed by atoms with van der Waals surface area (Å²) in [6.45, 7) is 0.335. The summed E-state index contributed by atoms with van der Waals surface area (Å²) in [6, 6.07) is 0. The Bertz CT molecular complexity index is 292. The van der Waals surface area contributed by atoms with Crippen molar-refractivity contribution >= 4 is 12.0 Å². The number of carbonyl (C=O) groups is 2. The van der Waals surface area contributed by atoms with E-state index in [1.807, 2.05) is 0 Å². The maximum Gasteiger partial charge on any atom is 0.416 e. The van der Waals surface area contributed by atoms with Crippen molar-refractivity contribution in [1.82, 2.24) is 4.90 Å². The number of ether oxygens (including phenoxy) is 1. The minimum Gasteiger partial charge on any atom is -0.447 e. The smallest absolute Gasteiger partial charge is 0.416 e. The average molecular weight is 205 g/mol. The minimum atomic E-state index is -2.71. The molecule has 1 atom stereocenters. The third kappa shape index (κ3) is 1.56. The highest BCUT2D eigenvalue weighted by molar-refractivity contribution is 5.93. The number of amides is 2. The van der Waals surface area contributed by atoms with Crippen LogP contribution in [0.15, 0.2) is 0 Å². The fraction of sp³-hybridized carbons (Fsp3) is 0.750. The number of halogens is 2. The molecule has 0 aromatic rings. The summed E-state index contributed by atoms with van der Waals surface area (Å²) >= 11 is 0. The normalized spacial score (nSPS) is 28.9. The van der Waals surface area contributed by atoms with Crippen LogP contribution in [0.4, 0.5) is 13.6 Å². The van der Waals surface area contributed by atoms with Gasteiger partial charge in [-0.25, -0.2) is 18.5 Å². The van der Waals surface area contributed by atoms with Crippen molar-refractivity contribution in [3.63, 3.8) is 0 Å². The molecule has 2 aliphatic rings. The molecule has 78 valence electrons. The first kappa shape index (κ1) is 9.36. The molecular formula is C8H9F2NO3. The van der Waals surface area contributed by atoms with E-state index < -0.39 is 23.8 Å². The lowest BCUT2D eigenvalue weighted by molar-refractivity contribution is -0.128. The molecule has 2 fully saturated rings. The van der Waals surface area contributed by atoms with Gasteiger partial charge < -0.3 is 4.74 Å². The van der Waals surface area contributed by atoms with Crippen LogP contribution in [-0.2, 0) is 9.53 Å². The highest BCUT2D eigenvalue weighted by Crippen LogP contribution is 2.50. The molecule has 4 nitrogen and oxygen atoms in total. The Labute approximate surface area is 78.8 Å². The maximum atomic E-state index is 12.5. The van der Waals surface area contributed by atoms with Gasteiger partial charge in [-0.15, -0.1) is 0 Å². The van der Waals surface area contributed by atoms with Gasteiger partial charge in [0.2, 0.25) is 5.91 Å². The molecular weight excluding hydrogens is 196 g/mol. The molecule has 1 aliphatic heterocycles. The summed E-state index contributed by atoms with van der Waals surface area (Å²) in [7, 11) is 0. The van der Waals surface area contributed by atoms with E-state index >= 15 is 0 Å². The zero-order valence-corrected chi connectivity index (χ0v) is 7.33. The molecule has 2 rings (SSSR count). The third-order valence-electron chi connectivity index (χ3n) is 2.44. The predicted octanol–water partition coefficient (Wildman–Crippen LogP) is 1.01. The van der Waals surface area contributed by atoms with Crippen molar-refractivity contribution < 1.29 is 23.1 Å². The van der Waals surface area contributed by atoms with Gasteiger partial charge in [0.15, 0.2) is 0 Å². The molecule has 6 heteroatoms. The van der Waals surface area contributed by atoms with Crippen LogP contribution in [0.2, 0.25) is 0 Å². The molecule has 1 saturated heterocycles. The van der Waals surface area contributed by atoms with Crippen LogP contribution in [0.25, 0.3) is 0 Å². The number of hydrogen-bond donors (Lipinski definition) is 0. The Hall–Kier alpha value is -1.20. The summed E-state index contributed by atoms with van der Waals surface area (Å²) in [5.74, 6) is -4.16. The lowest BCUT2D eigenvalue weighted by Crippen LogP contribution is -2.32. The van der Waals surface area contributed by atoms with E-state index in [0.29, 0.717) is 0 Å². The quantitative estimate of drug-likeness (QED) is 0.675. The van der Waals surface area contributed by atoms with Gasteiger partial charge in [0.1, 0.15) is 6.61 Å². The Morgan fingerprint density at radius 2 is 2.29 bits per heavy atom. The van der Waals surface area contributed by atoms with Gasteiger partial charge in [-0.3, -0.25) is 4.79 Å². The average Bonchev–Trinajstić information content (AvgIpc) is 2.53. The van der Waals surface area contributed by atoms with E-state index in [2.05, 4.69) is 4.74 Å². The van der Waals surface area contributed by atoms with Gasteiger partial charge in [0, 0.05) is 18.8 Å². The highest BCUT2D eigenvalue weighted by atomic mass is 19.3. The highest BCUT2D eigenvalue weighted by Gasteiger charge is 2.57. The number of imide groups is 1. The monoisotopic (exact) mass is 205 g/mol. The molecule has 1 aliphatic carbocycles. The Morgan fingerprint density at radius 3 is 2.71 bits per heavy atom. The molecule has 2 amide bonds. The van der Waals surface area contributed by atoms with Crippen LogP contribution in [-0.4, -0.2) is 36.0 Å². The van der Waals surface area contributed by atoms with Crippen LogP contribution in [0.1, 0.15) is 12.8 Å².